The molecule has 1 N–H and O–H groups in total. The Morgan fingerprint density at radius 1 is 0.857 bits per heavy atom. The average Bonchev–Trinajstić information content (AvgIpc) is 2.83. The molecule has 0 saturated heterocycles. The minimum Gasteiger partial charge on any atom is -0.449 e. The Morgan fingerprint density at radius 2 is 1.51 bits per heavy atom. The zero-order chi connectivity index (χ0) is 25.6. The third-order valence-corrected chi connectivity index (χ3v) is 5.44. The Bertz CT molecular complexity index is 1220. The summed E-state index contributed by atoms with van der Waals surface area (Å²) < 4.78 is 44.8. The third kappa shape index (κ3) is 6.79. The van der Waals surface area contributed by atoms with E-state index in [1.807, 2.05) is 13.8 Å². The third-order valence-electron chi connectivity index (χ3n) is 5.44. The van der Waals surface area contributed by atoms with Gasteiger partial charge in [0, 0.05) is 17.5 Å². The maximum atomic E-state index is 13.2. The second kappa shape index (κ2) is 11.0. The molecule has 0 radical (unpaired) electrons. The van der Waals surface area contributed by atoms with Gasteiger partial charge in [0.15, 0.2) is 6.10 Å². The summed E-state index contributed by atoms with van der Waals surface area (Å²) in [6.07, 6.45) is -6.69. The number of rotatable bonds is 8. The van der Waals surface area contributed by atoms with E-state index in [1.54, 1.807) is 48.5 Å². The van der Waals surface area contributed by atoms with E-state index in [0.717, 1.165) is 23.3 Å². The highest BCUT2D eigenvalue weighted by Gasteiger charge is 2.33. The van der Waals surface area contributed by atoms with Crippen molar-refractivity contribution in [3.05, 3.63) is 101 Å². The first-order valence-electron chi connectivity index (χ1n) is 10.9. The molecule has 1 atom stereocenters. The van der Waals surface area contributed by atoms with Gasteiger partial charge in [-0.2, -0.15) is 13.2 Å². The van der Waals surface area contributed by atoms with Crippen LogP contribution in [0.1, 0.15) is 51.6 Å². The minimum atomic E-state index is -4.64. The van der Waals surface area contributed by atoms with Crippen LogP contribution in [0.4, 0.5) is 18.9 Å². The minimum absolute atomic E-state index is 0.372. The number of alkyl halides is 3. The zero-order valence-corrected chi connectivity index (χ0v) is 19.2. The normalized spacial score (nSPS) is 12.0. The molecule has 182 valence electrons. The number of ether oxygens (including phenoxy) is 1. The summed E-state index contributed by atoms with van der Waals surface area (Å²) in [5.74, 6) is -2.03. The van der Waals surface area contributed by atoms with Crippen LogP contribution in [0.5, 0.6) is 0 Å². The number of hydrogen-bond donors (Lipinski definition) is 1. The molecule has 0 aliphatic rings. The van der Waals surface area contributed by atoms with Crippen molar-refractivity contribution in [3.63, 3.8) is 0 Å². The first-order chi connectivity index (χ1) is 16.6. The number of esters is 1. The maximum absolute atomic E-state index is 13.2. The zero-order valence-electron chi connectivity index (χ0n) is 19.2. The summed E-state index contributed by atoms with van der Waals surface area (Å²) in [6.45, 7) is 3.78. The lowest BCUT2D eigenvalue weighted by Crippen LogP contribution is -2.22. The lowest BCUT2D eigenvalue weighted by Gasteiger charge is -2.18. The van der Waals surface area contributed by atoms with Gasteiger partial charge in [-0.1, -0.05) is 54.6 Å². The lowest BCUT2D eigenvalue weighted by molar-refractivity contribution is -0.148. The Morgan fingerprint density at radius 3 is 2.17 bits per heavy atom. The van der Waals surface area contributed by atoms with E-state index in [2.05, 4.69) is 5.32 Å². The number of benzene rings is 3. The predicted octanol–water partition coefficient (Wildman–Crippen LogP) is 6.21. The quantitative estimate of drug-likeness (QED) is 0.306. The molecule has 3 aromatic carbocycles. The van der Waals surface area contributed by atoms with Crippen molar-refractivity contribution in [1.29, 1.82) is 0 Å². The molecule has 0 spiro atoms. The van der Waals surface area contributed by atoms with Gasteiger partial charge in [0.2, 0.25) is 11.7 Å². The molecule has 8 heteroatoms. The molecular weight excluding hydrogens is 459 g/mol. The molecule has 5 nitrogen and oxygen atoms in total. The largest absolute Gasteiger partial charge is 0.449 e. The number of carbonyl (C=O) groups is 3. The molecule has 1 amide bonds. The summed E-state index contributed by atoms with van der Waals surface area (Å²) in [5, 5.41) is 2.18. The molecule has 0 aliphatic heterocycles. The number of nitrogens with one attached hydrogen (secondary N) is 1. The molecular formula is C27H24F3NO4. The number of carbonyl (C=O) groups excluding carboxylic acids is 3. The van der Waals surface area contributed by atoms with Crippen LogP contribution in [-0.4, -0.2) is 17.7 Å². The average molecular weight is 483 g/mol. The Labute approximate surface area is 200 Å². The predicted molar refractivity (Wildman–Crippen MR) is 125 cm³/mol. The Kier molecular flexibility index (Phi) is 8.06. The van der Waals surface area contributed by atoms with Gasteiger partial charge in [-0.15, -0.1) is 0 Å². The van der Waals surface area contributed by atoms with Crippen molar-refractivity contribution in [2.24, 2.45) is 0 Å². The Balaban J connectivity index is 1.69. The monoisotopic (exact) mass is 483 g/mol. The molecule has 0 bridgehead atoms. The van der Waals surface area contributed by atoms with Crippen LogP contribution in [0, 0.1) is 13.8 Å². The fraction of sp³-hybridized carbons (Fsp3) is 0.222. The molecule has 0 aliphatic carbocycles. The molecule has 0 heterocycles. The van der Waals surface area contributed by atoms with Crippen LogP contribution < -0.4 is 5.32 Å². The molecule has 0 fully saturated rings. The number of para-hydroxylation sites is 1. The summed E-state index contributed by atoms with van der Waals surface area (Å²) in [5.41, 5.74) is 1.37. The van der Waals surface area contributed by atoms with Gasteiger partial charge in [-0.25, -0.2) is 0 Å². The number of ketones is 1. The number of amides is 1. The van der Waals surface area contributed by atoms with Crippen LogP contribution in [-0.2, 0) is 20.5 Å². The van der Waals surface area contributed by atoms with Gasteiger partial charge in [0.25, 0.3) is 0 Å². The standard InChI is InChI=1S/C27H24F3NO4/c1-17-12-13-20(16-18(17)2)25(34)26(19-8-4-3-5-9-19)35-24(33)15-14-23(32)31-22-11-7-6-10-21(22)27(28,29)30/h3-13,16,26H,14-15H2,1-2H3,(H,31,32)/t26-/m0/s1. The second-order valence-electron chi connectivity index (χ2n) is 8.04. The fourth-order valence-corrected chi connectivity index (χ4v) is 3.40. The van der Waals surface area contributed by atoms with Crippen molar-refractivity contribution < 1.29 is 32.3 Å². The summed E-state index contributed by atoms with van der Waals surface area (Å²) in [7, 11) is 0. The highest BCUT2D eigenvalue weighted by molar-refractivity contribution is 6.01. The van der Waals surface area contributed by atoms with E-state index in [0.29, 0.717) is 11.1 Å². The van der Waals surface area contributed by atoms with Crippen LogP contribution in [0.25, 0.3) is 0 Å². The van der Waals surface area contributed by atoms with Crippen molar-refractivity contribution in [2.75, 3.05) is 5.32 Å². The smallest absolute Gasteiger partial charge is 0.418 e. The van der Waals surface area contributed by atoms with Gasteiger partial charge >= 0.3 is 12.1 Å². The van der Waals surface area contributed by atoms with Gasteiger partial charge in [0.1, 0.15) is 0 Å². The van der Waals surface area contributed by atoms with E-state index < -0.39 is 54.0 Å². The van der Waals surface area contributed by atoms with E-state index >= 15 is 0 Å². The van der Waals surface area contributed by atoms with Crippen molar-refractivity contribution in [2.45, 2.75) is 39.0 Å². The first-order valence-corrected chi connectivity index (χ1v) is 10.9. The fourth-order valence-electron chi connectivity index (χ4n) is 3.40. The Hall–Kier alpha value is -3.94. The van der Waals surface area contributed by atoms with Gasteiger partial charge < -0.3 is 10.1 Å². The number of anilines is 1. The number of aryl methyl sites for hydroxylation is 2. The molecule has 0 unspecified atom stereocenters. The van der Waals surface area contributed by atoms with Gasteiger partial charge in [0.05, 0.1) is 17.7 Å². The SMILES string of the molecule is Cc1ccc(C(=O)[C@@H](OC(=O)CCC(=O)Nc2ccccc2C(F)(F)F)c2ccccc2)cc1C. The van der Waals surface area contributed by atoms with Crippen molar-refractivity contribution in [1.82, 2.24) is 0 Å². The van der Waals surface area contributed by atoms with E-state index in [9.17, 15) is 27.6 Å². The van der Waals surface area contributed by atoms with Crippen molar-refractivity contribution in [3.8, 4) is 0 Å². The number of hydrogen-bond acceptors (Lipinski definition) is 4. The molecule has 0 saturated carbocycles. The highest BCUT2D eigenvalue weighted by atomic mass is 19.4. The van der Waals surface area contributed by atoms with Gasteiger partial charge in [-0.05, 0) is 43.2 Å². The van der Waals surface area contributed by atoms with Crippen molar-refractivity contribution >= 4 is 23.3 Å². The second-order valence-corrected chi connectivity index (χ2v) is 8.04. The molecule has 3 rings (SSSR count). The maximum Gasteiger partial charge on any atom is 0.418 e. The molecule has 35 heavy (non-hydrogen) atoms. The van der Waals surface area contributed by atoms with E-state index in [4.69, 9.17) is 4.74 Å². The van der Waals surface area contributed by atoms with Crippen LogP contribution in [0.3, 0.4) is 0 Å². The molecule has 3 aromatic rings. The van der Waals surface area contributed by atoms with E-state index in [1.165, 1.54) is 12.1 Å². The van der Waals surface area contributed by atoms with Crippen LogP contribution in [0.2, 0.25) is 0 Å². The first kappa shape index (κ1) is 25.7. The summed E-state index contributed by atoms with van der Waals surface area (Å²) in [4.78, 5) is 37.9. The summed E-state index contributed by atoms with van der Waals surface area (Å²) in [6, 6.07) is 18.2. The van der Waals surface area contributed by atoms with E-state index in [-0.39, 0.29) is 0 Å². The summed E-state index contributed by atoms with van der Waals surface area (Å²) >= 11 is 0. The van der Waals surface area contributed by atoms with Crippen LogP contribution >= 0.6 is 0 Å². The van der Waals surface area contributed by atoms with Gasteiger partial charge in [-0.3, -0.25) is 14.4 Å². The lowest BCUT2D eigenvalue weighted by atomic mass is 9.97. The van der Waals surface area contributed by atoms with Crippen LogP contribution in [0.15, 0.2) is 72.8 Å². The molecule has 0 aromatic heterocycles. The number of halogens is 3. The number of Topliss-reactive ketones (excluding diaryl/α,β-unsaturated/α-hetero) is 1. The highest BCUT2D eigenvalue weighted by Crippen LogP contribution is 2.34. The topological polar surface area (TPSA) is 72.5 Å².